The Bertz CT molecular complexity index is 625. The Kier molecular flexibility index (Phi) is 3.07. The Morgan fingerprint density at radius 2 is 2.18 bits per heavy atom. The smallest absolute Gasteiger partial charge is 0.265 e. The first kappa shape index (κ1) is 11.9. The Morgan fingerprint density at radius 3 is 2.82 bits per heavy atom. The summed E-state index contributed by atoms with van der Waals surface area (Å²) < 4.78 is 26.6. The Morgan fingerprint density at radius 1 is 1.41 bits per heavy atom. The van der Waals surface area contributed by atoms with Crippen molar-refractivity contribution in [3.8, 4) is 5.75 Å². The minimum absolute atomic E-state index is 0.00289. The van der Waals surface area contributed by atoms with Crippen LogP contribution in [-0.4, -0.2) is 23.7 Å². The van der Waals surface area contributed by atoms with Gasteiger partial charge in [0.25, 0.3) is 10.0 Å². The number of phenolic OH excluding ortho intramolecular Hbond substituents is 1. The Labute approximate surface area is 106 Å². The molecule has 0 radical (unpaired) electrons. The van der Waals surface area contributed by atoms with Gasteiger partial charge in [0.15, 0.2) is 0 Å². The van der Waals surface area contributed by atoms with Gasteiger partial charge in [0.1, 0.15) is 10.6 Å². The van der Waals surface area contributed by atoms with Crippen molar-refractivity contribution < 1.29 is 13.5 Å². The Balaban J connectivity index is 2.36. The summed E-state index contributed by atoms with van der Waals surface area (Å²) in [5, 5.41) is 15.5. The number of H-pyrrole nitrogens is 1. The van der Waals surface area contributed by atoms with Gasteiger partial charge in [-0.2, -0.15) is 5.10 Å². The first-order valence-corrected chi connectivity index (χ1v) is 6.77. The van der Waals surface area contributed by atoms with Gasteiger partial charge in [0, 0.05) is 10.7 Å². The van der Waals surface area contributed by atoms with Gasteiger partial charge in [-0.15, -0.1) is 0 Å². The summed E-state index contributed by atoms with van der Waals surface area (Å²) >= 11 is 3.19. The molecule has 0 spiro atoms. The summed E-state index contributed by atoms with van der Waals surface area (Å²) in [6.45, 7) is 0. The van der Waals surface area contributed by atoms with Gasteiger partial charge in [-0.25, -0.2) is 8.42 Å². The zero-order valence-corrected chi connectivity index (χ0v) is 10.8. The van der Waals surface area contributed by atoms with E-state index in [1.807, 2.05) is 0 Å². The van der Waals surface area contributed by atoms with Crippen molar-refractivity contribution in [2.45, 2.75) is 4.90 Å². The number of hydrogen-bond donors (Lipinski definition) is 3. The summed E-state index contributed by atoms with van der Waals surface area (Å²) in [5.41, 5.74) is 0.0978. The van der Waals surface area contributed by atoms with Gasteiger partial charge < -0.3 is 5.11 Å². The number of nitrogens with one attached hydrogen (secondary N) is 2. The van der Waals surface area contributed by atoms with Crippen molar-refractivity contribution in [2.75, 3.05) is 4.72 Å². The lowest BCUT2D eigenvalue weighted by molar-refractivity contribution is 0.477. The quantitative estimate of drug-likeness (QED) is 0.750. The minimum atomic E-state index is -3.73. The molecule has 0 amide bonds. The van der Waals surface area contributed by atoms with Crippen LogP contribution in [0, 0.1) is 0 Å². The minimum Gasteiger partial charge on any atom is -0.506 e. The molecule has 1 aromatic carbocycles. The second-order valence-corrected chi connectivity index (χ2v) is 5.80. The monoisotopic (exact) mass is 317 g/mol. The van der Waals surface area contributed by atoms with Crippen molar-refractivity contribution in [3.05, 3.63) is 35.1 Å². The van der Waals surface area contributed by atoms with Gasteiger partial charge in [-0.3, -0.25) is 9.82 Å². The highest BCUT2D eigenvalue weighted by molar-refractivity contribution is 9.10. The van der Waals surface area contributed by atoms with E-state index in [-0.39, 0.29) is 16.3 Å². The number of benzene rings is 1. The molecule has 0 unspecified atom stereocenters. The number of hydrogen-bond acceptors (Lipinski definition) is 4. The van der Waals surface area contributed by atoms with Crippen molar-refractivity contribution in [1.29, 1.82) is 0 Å². The molecule has 0 aliphatic rings. The maximum atomic E-state index is 11.8. The van der Waals surface area contributed by atoms with Crippen LogP contribution in [0.15, 0.2) is 40.0 Å². The number of phenols is 1. The third-order valence-corrected chi connectivity index (χ3v) is 3.81. The molecule has 3 N–H and O–H groups in total. The van der Waals surface area contributed by atoms with E-state index in [2.05, 4.69) is 30.8 Å². The largest absolute Gasteiger partial charge is 0.506 e. The second kappa shape index (κ2) is 4.38. The van der Waals surface area contributed by atoms with Crippen LogP contribution in [0.4, 0.5) is 5.69 Å². The van der Waals surface area contributed by atoms with Crippen molar-refractivity contribution in [2.24, 2.45) is 0 Å². The standard InChI is InChI=1S/C9H8BrN3O3S/c10-6-1-2-9(14)8(3-6)13-17(15,16)7-4-11-12-5-7/h1-5,13-14H,(H,11,12). The maximum absolute atomic E-state index is 11.8. The molecule has 6 nitrogen and oxygen atoms in total. The lowest BCUT2D eigenvalue weighted by Crippen LogP contribution is -2.12. The van der Waals surface area contributed by atoms with Crippen LogP contribution in [0.3, 0.4) is 0 Å². The average molecular weight is 318 g/mol. The first-order chi connectivity index (χ1) is 7.99. The molecule has 2 rings (SSSR count). The molecular formula is C9H8BrN3O3S. The van der Waals surface area contributed by atoms with E-state index < -0.39 is 10.0 Å². The van der Waals surface area contributed by atoms with Gasteiger partial charge in [-0.05, 0) is 18.2 Å². The molecule has 1 aromatic heterocycles. The fraction of sp³-hybridized carbons (Fsp3) is 0. The summed E-state index contributed by atoms with van der Waals surface area (Å²) in [6.07, 6.45) is 2.43. The van der Waals surface area contributed by atoms with E-state index in [0.29, 0.717) is 4.47 Å². The SMILES string of the molecule is O=S(=O)(Nc1cc(Br)ccc1O)c1cn[nH]c1. The van der Waals surface area contributed by atoms with Gasteiger partial charge in [-0.1, -0.05) is 15.9 Å². The highest BCUT2D eigenvalue weighted by Gasteiger charge is 2.17. The van der Waals surface area contributed by atoms with Crippen LogP contribution in [0.25, 0.3) is 0 Å². The fourth-order valence-corrected chi connectivity index (χ4v) is 2.51. The van der Waals surface area contributed by atoms with Crippen LogP contribution < -0.4 is 4.72 Å². The van der Waals surface area contributed by atoms with E-state index in [1.165, 1.54) is 24.5 Å². The van der Waals surface area contributed by atoms with E-state index in [4.69, 9.17) is 0 Å². The first-order valence-electron chi connectivity index (χ1n) is 4.49. The summed E-state index contributed by atoms with van der Waals surface area (Å²) in [4.78, 5) is -0.00289. The van der Waals surface area contributed by atoms with Crippen molar-refractivity contribution in [1.82, 2.24) is 10.2 Å². The number of aromatic hydroxyl groups is 1. The third-order valence-electron chi connectivity index (χ3n) is 1.99. The molecule has 0 bridgehead atoms. The molecule has 90 valence electrons. The third kappa shape index (κ3) is 2.59. The van der Waals surface area contributed by atoms with Gasteiger partial charge in [0.2, 0.25) is 0 Å². The molecule has 0 aliphatic heterocycles. The maximum Gasteiger partial charge on any atom is 0.265 e. The fourth-order valence-electron chi connectivity index (χ4n) is 1.18. The van der Waals surface area contributed by atoms with Crippen LogP contribution in [0.1, 0.15) is 0 Å². The lowest BCUT2D eigenvalue weighted by Gasteiger charge is -2.08. The molecule has 2 aromatic rings. The average Bonchev–Trinajstić information content (AvgIpc) is 2.77. The van der Waals surface area contributed by atoms with Crippen LogP contribution in [0.5, 0.6) is 5.75 Å². The molecular weight excluding hydrogens is 310 g/mol. The molecule has 1 heterocycles. The number of aromatic amines is 1. The molecule has 0 fully saturated rings. The number of nitrogens with zero attached hydrogens (tertiary/aromatic N) is 1. The number of aromatic nitrogens is 2. The number of rotatable bonds is 3. The Hall–Kier alpha value is -1.54. The van der Waals surface area contributed by atoms with Crippen molar-refractivity contribution in [3.63, 3.8) is 0 Å². The summed E-state index contributed by atoms with van der Waals surface area (Å²) in [6, 6.07) is 4.45. The van der Waals surface area contributed by atoms with Crippen LogP contribution in [-0.2, 0) is 10.0 Å². The normalized spacial score (nSPS) is 11.4. The van der Waals surface area contributed by atoms with Crippen LogP contribution in [0.2, 0.25) is 0 Å². The molecule has 0 aliphatic carbocycles. The second-order valence-electron chi connectivity index (χ2n) is 3.20. The van der Waals surface area contributed by atoms with Gasteiger partial charge >= 0.3 is 0 Å². The van der Waals surface area contributed by atoms with Gasteiger partial charge in [0.05, 0.1) is 11.9 Å². The molecule has 8 heteroatoms. The van der Waals surface area contributed by atoms with Crippen LogP contribution >= 0.6 is 15.9 Å². The highest BCUT2D eigenvalue weighted by atomic mass is 79.9. The zero-order chi connectivity index (χ0) is 12.5. The summed E-state index contributed by atoms with van der Waals surface area (Å²) in [7, 11) is -3.73. The zero-order valence-electron chi connectivity index (χ0n) is 8.38. The van der Waals surface area contributed by atoms with E-state index >= 15 is 0 Å². The molecule has 17 heavy (non-hydrogen) atoms. The lowest BCUT2D eigenvalue weighted by atomic mass is 10.3. The van der Waals surface area contributed by atoms with E-state index in [1.54, 1.807) is 6.07 Å². The predicted molar refractivity (Wildman–Crippen MR) is 65.2 cm³/mol. The molecule has 0 saturated heterocycles. The predicted octanol–water partition coefficient (Wildman–Crippen LogP) is 1.68. The number of anilines is 1. The van der Waals surface area contributed by atoms with E-state index in [9.17, 15) is 13.5 Å². The highest BCUT2D eigenvalue weighted by Crippen LogP contribution is 2.28. The van der Waals surface area contributed by atoms with Crippen molar-refractivity contribution >= 4 is 31.6 Å². The number of halogens is 1. The topological polar surface area (TPSA) is 95.1 Å². The summed E-state index contributed by atoms with van der Waals surface area (Å²) in [5.74, 6) is -0.153. The van der Waals surface area contributed by atoms with E-state index in [0.717, 1.165) is 0 Å². The number of sulfonamides is 1. The molecule has 0 saturated carbocycles. The molecule has 0 atom stereocenters.